The molecule has 0 saturated carbocycles. The number of hydrogen-bond acceptors (Lipinski definition) is 3. The molecule has 7 aromatic rings. The van der Waals surface area contributed by atoms with Gasteiger partial charge in [-0.15, -0.1) is 0 Å². The Hall–Kier alpha value is -5.74. The van der Waals surface area contributed by atoms with E-state index in [1.165, 1.54) is 83.9 Å². The third-order valence-corrected chi connectivity index (χ3v) is 13.9. The Bertz CT molecular complexity index is 2780. The van der Waals surface area contributed by atoms with Gasteiger partial charge in [-0.1, -0.05) is 154 Å². The normalized spacial score (nSPS) is 16.1. The molecule has 0 atom stereocenters. The largest absolute Gasteiger partial charge is 0.472 e. The Labute approximate surface area is 364 Å². The monoisotopic (exact) mass is 798 g/mol. The summed E-state index contributed by atoms with van der Waals surface area (Å²) in [5.41, 5.74) is 20.7. The van der Waals surface area contributed by atoms with Crippen molar-refractivity contribution in [2.24, 2.45) is 0 Å². The van der Waals surface area contributed by atoms with E-state index in [0.29, 0.717) is 0 Å². The van der Waals surface area contributed by atoms with Crippen LogP contribution in [0.5, 0.6) is 0 Å². The molecule has 3 heterocycles. The van der Waals surface area contributed by atoms with Gasteiger partial charge in [0.25, 0.3) is 6.71 Å². The van der Waals surface area contributed by atoms with Gasteiger partial charge in [0.2, 0.25) is 0 Å². The van der Waals surface area contributed by atoms with Crippen LogP contribution in [0.1, 0.15) is 110 Å². The maximum Gasteiger partial charge on any atom is 0.297 e. The smallest absolute Gasteiger partial charge is 0.297 e. The molecule has 306 valence electrons. The average molecular weight is 799 g/mol. The van der Waals surface area contributed by atoms with Crippen molar-refractivity contribution in [3.63, 3.8) is 0 Å². The predicted molar refractivity (Wildman–Crippen MR) is 261 cm³/mol. The van der Waals surface area contributed by atoms with Crippen LogP contribution in [0.4, 0.5) is 34.1 Å². The Morgan fingerprint density at radius 3 is 1.64 bits per heavy atom. The van der Waals surface area contributed by atoms with Crippen LogP contribution in [0.3, 0.4) is 0 Å². The first-order valence-electron chi connectivity index (χ1n) is 22.3. The lowest BCUT2D eigenvalue weighted by Crippen LogP contribution is -2.61. The van der Waals surface area contributed by atoms with Crippen LogP contribution < -0.4 is 26.4 Å². The summed E-state index contributed by atoms with van der Waals surface area (Å²) < 4.78 is 7.66. The lowest BCUT2D eigenvalue weighted by molar-refractivity contribution is 0.282. The van der Waals surface area contributed by atoms with Crippen molar-refractivity contribution < 1.29 is 4.42 Å². The predicted octanol–water partition coefficient (Wildman–Crippen LogP) is 13.9. The molecule has 0 N–H and O–H groups in total. The van der Waals surface area contributed by atoms with Gasteiger partial charge in [0.15, 0.2) is 0 Å². The van der Waals surface area contributed by atoms with Crippen LogP contribution in [-0.2, 0) is 21.7 Å². The van der Waals surface area contributed by atoms with Crippen LogP contribution in [0.2, 0.25) is 0 Å². The van der Waals surface area contributed by atoms with E-state index in [9.17, 15) is 0 Å². The third-order valence-electron chi connectivity index (χ3n) is 13.9. The molecular weight excluding hydrogens is 739 g/mol. The van der Waals surface area contributed by atoms with Crippen molar-refractivity contribution in [3.8, 4) is 22.3 Å². The Kier molecular flexibility index (Phi) is 8.81. The number of nitrogens with zero attached hydrogens (tertiary/aromatic N) is 2. The molecule has 10 rings (SSSR count). The molecule has 0 radical (unpaired) electrons. The minimum Gasteiger partial charge on any atom is -0.472 e. The van der Waals surface area contributed by atoms with Gasteiger partial charge in [0.05, 0.1) is 11.3 Å². The van der Waals surface area contributed by atoms with Crippen LogP contribution >= 0.6 is 0 Å². The summed E-state index contributed by atoms with van der Waals surface area (Å²) in [5, 5.41) is 0. The van der Waals surface area contributed by atoms with Crippen molar-refractivity contribution in [3.05, 3.63) is 161 Å². The second kappa shape index (κ2) is 13.6. The van der Waals surface area contributed by atoms with E-state index in [-0.39, 0.29) is 28.4 Å². The minimum absolute atomic E-state index is 0.0355. The summed E-state index contributed by atoms with van der Waals surface area (Å²) in [6.07, 6.45) is 2.16. The zero-order valence-corrected chi connectivity index (χ0v) is 38.0. The summed E-state index contributed by atoms with van der Waals surface area (Å²) in [6, 6.07) is 50.3. The topological polar surface area (TPSA) is 19.6 Å². The molecular formula is C57H59BN2O. The second-order valence-corrected chi connectivity index (χ2v) is 21.4. The lowest BCUT2D eigenvalue weighted by Gasteiger charge is -2.44. The minimum atomic E-state index is -0.120. The molecule has 0 bridgehead atoms. The van der Waals surface area contributed by atoms with E-state index in [1.54, 1.807) is 0 Å². The fourth-order valence-corrected chi connectivity index (χ4v) is 10.4. The van der Waals surface area contributed by atoms with E-state index in [4.69, 9.17) is 4.42 Å². The molecule has 61 heavy (non-hydrogen) atoms. The summed E-state index contributed by atoms with van der Waals surface area (Å²) in [6.45, 7) is 25.7. The highest BCUT2D eigenvalue weighted by molar-refractivity contribution is 6.99. The second-order valence-electron chi connectivity index (χ2n) is 21.4. The standard InChI is InChI=1S/C57H59BN2O/c1-36-30-47-50-48(31-36)60(44-33-39(37-18-14-12-15-19-37)32-40(34-44)38-20-16-13-17-21-38)51-49-52(57(10,11)29-28-56(49,8)9)61-53(51)58(50)45-35-42(55(5,6)7)24-27-46(45)59(47)43-25-22-41(23-26-43)54(2,3)4/h12-27,30-35H,28-29H2,1-11H3. The van der Waals surface area contributed by atoms with Crippen molar-refractivity contribution >= 4 is 57.4 Å². The molecule has 0 spiro atoms. The van der Waals surface area contributed by atoms with Gasteiger partial charge in [-0.3, -0.25) is 0 Å². The average Bonchev–Trinajstić information content (AvgIpc) is 3.65. The van der Waals surface area contributed by atoms with Gasteiger partial charge in [0.1, 0.15) is 5.76 Å². The van der Waals surface area contributed by atoms with E-state index < -0.39 is 0 Å². The number of fused-ring (bicyclic) bond motifs is 6. The fraction of sp³-hybridized carbons (Fsp3) is 0.298. The van der Waals surface area contributed by atoms with E-state index in [2.05, 4.69) is 219 Å². The van der Waals surface area contributed by atoms with Gasteiger partial charge in [-0.2, -0.15) is 0 Å². The number of benzene rings is 6. The molecule has 0 unspecified atom stereocenters. The van der Waals surface area contributed by atoms with Gasteiger partial charge in [0, 0.05) is 39.4 Å². The van der Waals surface area contributed by atoms with Crippen LogP contribution in [0.25, 0.3) is 22.3 Å². The molecule has 6 aromatic carbocycles. The van der Waals surface area contributed by atoms with Gasteiger partial charge in [-0.05, 0) is 134 Å². The maximum atomic E-state index is 7.66. The molecule has 1 aliphatic carbocycles. The Morgan fingerprint density at radius 1 is 0.525 bits per heavy atom. The lowest BCUT2D eigenvalue weighted by atomic mass is 9.35. The highest BCUT2D eigenvalue weighted by Gasteiger charge is 2.52. The molecule has 2 aliphatic heterocycles. The van der Waals surface area contributed by atoms with Gasteiger partial charge < -0.3 is 14.2 Å². The summed E-state index contributed by atoms with van der Waals surface area (Å²) in [7, 11) is 0. The quantitative estimate of drug-likeness (QED) is 0.165. The first-order chi connectivity index (χ1) is 28.9. The maximum absolute atomic E-state index is 7.66. The highest BCUT2D eigenvalue weighted by atomic mass is 16.3. The molecule has 3 aliphatic rings. The van der Waals surface area contributed by atoms with Gasteiger partial charge >= 0.3 is 0 Å². The SMILES string of the molecule is Cc1cc2c3c(c1)N(c1cc(-c4ccccc4)cc(-c4ccccc4)c1)c1c(oc4c1C(C)(C)CCC4(C)C)B3c1cc(C(C)(C)C)ccc1N2c1ccc(C(C)(C)C)cc1. The van der Waals surface area contributed by atoms with E-state index in [1.807, 2.05) is 0 Å². The van der Waals surface area contributed by atoms with Crippen molar-refractivity contribution in [2.75, 3.05) is 9.80 Å². The Morgan fingerprint density at radius 2 is 1.07 bits per heavy atom. The number of anilines is 6. The Balaban J connectivity index is 1.33. The third kappa shape index (κ3) is 6.39. The van der Waals surface area contributed by atoms with E-state index in [0.717, 1.165) is 29.9 Å². The van der Waals surface area contributed by atoms with Crippen molar-refractivity contribution in [1.82, 2.24) is 0 Å². The van der Waals surface area contributed by atoms with Crippen molar-refractivity contribution in [2.45, 2.75) is 111 Å². The molecule has 1 aromatic heterocycles. The van der Waals surface area contributed by atoms with Crippen LogP contribution in [0.15, 0.2) is 138 Å². The number of rotatable bonds is 4. The summed E-state index contributed by atoms with van der Waals surface area (Å²) >= 11 is 0. The fourth-order valence-electron chi connectivity index (χ4n) is 10.4. The first-order valence-corrected chi connectivity index (χ1v) is 22.3. The number of hydrogen-bond donors (Lipinski definition) is 0. The van der Waals surface area contributed by atoms with Gasteiger partial charge in [-0.25, -0.2) is 0 Å². The molecule has 4 heteroatoms. The van der Waals surface area contributed by atoms with E-state index >= 15 is 0 Å². The number of furan rings is 1. The molecule has 3 nitrogen and oxygen atoms in total. The molecule has 0 amide bonds. The summed E-state index contributed by atoms with van der Waals surface area (Å²) in [5.74, 6) is 1.14. The van der Waals surface area contributed by atoms with Crippen LogP contribution in [0, 0.1) is 6.92 Å². The first kappa shape index (κ1) is 39.4. The van der Waals surface area contributed by atoms with Crippen molar-refractivity contribution in [1.29, 1.82) is 0 Å². The number of aryl methyl sites for hydroxylation is 1. The van der Waals surface area contributed by atoms with Crippen LogP contribution in [-0.4, -0.2) is 6.71 Å². The molecule has 0 fully saturated rings. The zero-order valence-electron chi connectivity index (χ0n) is 38.0. The summed E-state index contributed by atoms with van der Waals surface area (Å²) in [4.78, 5) is 5.15. The molecule has 0 saturated heterocycles. The highest BCUT2D eigenvalue weighted by Crippen LogP contribution is 2.55. The zero-order chi connectivity index (χ0) is 42.8.